The largest absolute Gasteiger partial charge is 0.399 e. The molecule has 0 aromatic heterocycles. The van der Waals surface area contributed by atoms with Crippen LogP contribution in [0, 0.1) is 0 Å². The number of nitrogen functional groups attached to an aromatic ring is 1. The number of carbonyl (C=O) groups is 1. The Bertz CT molecular complexity index is 591. The molecule has 4 nitrogen and oxygen atoms in total. The van der Waals surface area contributed by atoms with Gasteiger partial charge in [0.1, 0.15) is 0 Å². The highest BCUT2D eigenvalue weighted by atomic mass is 16.1. The van der Waals surface area contributed by atoms with Crippen molar-refractivity contribution in [2.45, 2.75) is 6.54 Å². The summed E-state index contributed by atoms with van der Waals surface area (Å²) in [5.41, 5.74) is 8.96. The lowest BCUT2D eigenvalue weighted by Crippen LogP contribution is -2.25. The van der Waals surface area contributed by atoms with Gasteiger partial charge in [0.05, 0.1) is 5.56 Å². The molecule has 4 heteroatoms. The number of nitrogens with two attached hydrogens (primary N) is 1. The van der Waals surface area contributed by atoms with E-state index >= 15 is 0 Å². The van der Waals surface area contributed by atoms with Crippen molar-refractivity contribution in [3.8, 4) is 0 Å². The molecule has 104 valence electrons. The molecule has 0 saturated carbocycles. The van der Waals surface area contributed by atoms with E-state index in [9.17, 15) is 4.79 Å². The molecule has 0 aliphatic carbocycles. The fourth-order valence-electron chi connectivity index (χ4n) is 1.97. The summed E-state index contributed by atoms with van der Waals surface area (Å²) in [6, 6.07) is 15.0. The topological polar surface area (TPSA) is 58.4 Å². The highest BCUT2D eigenvalue weighted by Gasteiger charge is 2.11. The van der Waals surface area contributed by atoms with Crippen LogP contribution in [0.3, 0.4) is 0 Å². The Labute approximate surface area is 119 Å². The summed E-state index contributed by atoms with van der Waals surface area (Å²) in [6.07, 6.45) is 0. The van der Waals surface area contributed by atoms with Crippen LogP contribution in [0.5, 0.6) is 0 Å². The number of amides is 1. The van der Waals surface area contributed by atoms with Crippen LogP contribution in [0.1, 0.15) is 15.9 Å². The number of rotatable bonds is 4. The summed E-state index contributed by atoms with van der Waals surface area (Å²) in [6.45, 7) is 0.487. The van der Waals surface area contributed by atoms with Crippen molar-refractivity contribution >= 4 is 17.3 Å². The van der Waals surface area contributed by atoms with Crippen molar-refractivity contribution in [3.63, 3.8) is 0 Å². The maximum absolute atomic E-state index is 12.2. The number of nitrogens with zero attached hydrogens (tertiary/aromatic N) is 1. The van der Waals surface area contributed by atoms with Gasteiger partial charge < -0.3 is 16.0 Å². The van der Waals surface area contributed by atoms with Crippen LogP contribution in [-0.2, 0) is 6.54 Å². The van der Waals surface area contributed by atoms with Crippen LogP contribution in [0.4, 0.5) is 11.4 Å². The van der Waals surface area contributed by atoms with E-state index in [2.05, 4.69) is 5.32 Å². The van der Waals surface area contributed by atoms with E-state index in [-0.39, 0.29) is 5.91 Å². The first-order valence-electron chi connectivity index (χ1n) is 6.47. The van der Waals surface area contributed by atoms with Gasteiger partial charge in [0.15, 0.2) is 0 Å². The third-order valence-electron chi connectivity index (χ3n) is 3.06. The molecule has 2 aromatic rings. The van der Waals surface area contributed by atoms with E-state index in [1.165, 1.54) is 0 Å². The molecular weight excluding hydrogens is 250 g/mol. The van der Waals surface area contributed by atoms with Gasteiger partial charge in [-0.3, -0.25) is 4.79 Å². The molecule has 20 heavy (non-hydrogen) atoms. The van der Waals surface area contributed by atoms with Crippen LogP contribution in [0.15, 0.2) is 48.5 Å². The molecule has 0 aliphatic heterocycles. The van der Waals surface area contributed by atoms with Gasteiger partial charge in [-0.15, -0.1) is 0 Å². The third-order valence-corrected chi connectivity index (χ3v) is 3.06. The fourth-order valence-corrected chi connectivity index (χ4v) is 1.97. The van der Waals surface area contributed by atoms with E-state index in [0.29, 0.717) is 12.1 Å². The van der Waals surface area contributed by atoms with Gasteiger partial charge in [-0.2, -0.15) is 0 Å². The summed E-state index contributed by atoms with van der Waals surface area (Å²) in [5, 5.41) is 2.92. The summed E-state index contributed by atoms with van der Waals surface area (Å²) in [7, 11) is 3.85. The molecule has 1 amide bonds. The third kappa shape index (κ3) is 3.29. The summed E-state index contributed by atoms with van der Waals surface area (Å²) < 4.78 is 0. The molecule has 0 saturated heterocycles. The molecule has 2 rings (SSSR count). The molecule has 3 N–H and O–H groups in total. The van der Waals surface area contributed by atoms with Crippen molar-refractivity contribution in [2.24, 2.45) is 0 Å². The zero-order valence-corrected chi connectivity index (χ0v) is 11.8. The molecule has 0 fully saturated rings. The smallest absolute Gasteiger partial charge is 0.253 e. The number of carbonyl (C=O) groups excluding carboxylic acids is 1. The average Bonchev–Trinajstić information content (AvgIpc) is 2.46. The lowest BCUT2D eigenvalue weighted by Gasteiger charge is -2.16. The predicted octanol–water partition coefficient (Wildman–Crippen LogP) is 2.26. The average molecular weight is 269 g/mol. The van der Waals surface area contributed by atoms with Gasteiger partial charge in [0.2, 0.25) is 0 Å². The molecule has 0 unspecified atom stereocenters. The fraction of sp³-hybridized carbons (Fsp3) is 0.188. The van der Waals surface area contributed by atoms with Gasteiger partial charge in [0, 0.05) is 32.0 Å². The zero-order valence-electron chi connectivity index (χ0n) is 11.8. The SMILES string of the molecule is CN(C)c1ccccc1C(=O)NCc1ccc(N)cc1. The second-order valence-corrected chi connectivity index (χ2v) is 4.84. The quantitative estimate of drug-likeness (QED) is 0.837. The van der Waals surface area contributed by atoms with Crippen molar-refractivity contribution in [3.05, 3.63) is 59.7 Å². The lowest BCUT2D eigenvalue weighted by molar-refractivity contribution is 0.0951. The van der Waals surface area contributed by atoms with E-state index in [1.807, 2.05) is 67.5 Å². The van der Waals surface area contributed by atoms with Crippen molar-refractivity contribution in [1.82, 2.24) is 5.32 Å². The lowest BCUT2D eigenvalue weighted by atomic mass is 10.1. The molecule has 0 aliphatic rings. The molecule has 0 bridgehead atoms. The first kappa shape index (κ1) is 13.9. The predicted molar refractivity (Wildman–Crippen MR) is 82.8 cm³/mol. The van der Waals surface area contributed by atoms with Crippen molar-refractivity contribution in [1.29, 1.82) is 0 Å². The van der Waals surface area contributed by atoms with Crippen LogP contribution in [0.2, 0.25) is 0 Å². The maximum Gasteiger partial charge on any atom is 0.253 e. The van der Waals surface area contributed by atoms with Crippen LogP contribution >= 0.6 is 0 Å². The van der Waals surface area contributed by atoms with Crippen molar-refractivity contribution < 1.29 is 4.79 Å². The highest BCUT2D eigenvalue weighted by Crippen LogP contribution is 2.17. The second-order valence-electron chi connectivity index (χ2n) is 4.84. The van der Waals surface area contributed by atoms with Crippen LogP contribution < -0.4 is 16.0 Å². The number of anilines is 2. The zero-order chi connectivity index (χ0) is 14.5. The van der Waals surface area contributed by atoms with Gasteiger partial charge in [-0.1, -0.05) is 24.3 Å². The Morgan fingerprint density at radius 1 is 1.10 bits per heavy atom. The van der Waals surface area contributed by atoms with Crippen LogP contribution in [0.25, 0.3) is 0 Å². The molecule has 0 radical (unpaired) electrons. The Morgan fingerprint density at radius 3 is 2.40 bits per heavy atom. The Morgan fingerprint density at radius 2 is 1.75 bits per heavy atom. The minimum absolute atomic E-state index is 0.0777. The second kappa shape index (κ2) is 6.10. The Kier molecular flexibility index (Phi) is 4.25. The number of hydrogen-bond donors (Lipinski definition) is 2. The molecular formula is C16H19N3O. The molecule has 0 heterocycles. The number of para-hydroxylation sites is 1. The van der Waals surface area contributed by atoms with E-state index < -0.39 is 0 Å². The van der Waals surface area contributed by atoms with Gasteiger partial charge >= 0.3 is 0 Å². The van der Waals surface area contributed by atoms with Gasteiger partial charge in [-0.25, -0.2) is 0 Å². The summed E-state index contributed by atoms with van der Waals surface area (Å²) in [5.74, 6) is -0.0777. The maximum atomic E-state index is 12.2. The molecule has 0 spiro atoms. The summed E-state index contributed by atoms with van der Waals surface area (Å²) >= 11 is 0. The van der Waals surface area contributed by atoms with E-state index in [4.69, 9.17) is 5.73 Å². The Hall–Kier alpha value is -2.49. The van der Waals surface area contributed by atoms with Gasteiger partial charge in [-0.05, 0) is 29.8 Å². The van der Waals surface area contributed by atoms with Gasteiger partial charge in [0.25, 0.3) is 5.91 Å². The number of benzene rings is 2. The Balaban J connectivity index is 2.07. The highest BCUT2D eigenvalue weighted by molar-refractivity contribution is 5.99. The first-order chi connectivity index (χ1) is 9.58. The molecule has 0 atom stereocenters. The van der Waals surface area contributed by atoms with E-state index in [0.717, 1.165) is 16.9 Å². The van der Waals surface area contributed by atoms with E-state index in [1.54, 1.807) is 0 Å². The number of nitrogens with one attached hydrogen (secondary N) is 1. The van der Waals surface area contributed by atoms with Crippen LogP contribution in [-0.4, -0.2) is 20.0 Å². The first-order valence-corrected chi connectivity index (χ1v) is 6.47. The minimum Gasteiger partial charge on any atom is -0.399 e. The standard InChI is InChI=1S/C16H19N3O/c1-19(2)15-6-4-3-5-14(15)16(20)18-11-12-7-9-13(17)10-8-12/h3-10H,11,17H2,1-2H3,(H,18,20). The normalized spacial score (nSPS) is 10.1. The summed E-state index contributed by atoms with van der Waals surface area (Å²) in [4.78, 5) is 14.2. The molecule has 2 aromatic carbocycles. The van der Waals surface area contributed by atoms with Crippen molar-refractivity contribution in [2.75, 3.05) is 24.7 Å². The number of hydrogen-bond acceptors (Lipinski definition) is 3. The monoisotopic (exact) mass is 269 g/mol. The minimum atomic E-state index is -0.0777.